The number of rotatable bonds is 4. The number of amides is 1. The molecule has 0 aromatic rings. The maximum absolute atomic E-state index is 12.3. The van der Waals surface area contributed by atoms with Gasteiger partial charge in [-0.15, -0.1) is 0 Å². The van der Waals surface area contributed by atoms with E-state index in [1.54, 1.807) is 0 Å². The second-order valence-electron chi connectivity index (χ2n) is 7.48. The van der Waals surface area contributed by atoms with Crippen LogP contribution in [0.25, 0.3) is 0 Å². The molecule has 1 amide bonds. The highest BCUT2D eigenvalue weighted by molar-refractivity contribution is 5.78. The van der Waals surface area contributed by atoms with Crippen LogP contribution in [0.3, 0.4) is 0 Å². The summed E-state index contributed by atoms with van der Waals surface area (Å²) in [6.45, 7) is 9.62. The van der Waals surface area contributed by atoms with E-state index >= 15 is 0 Å². The van der Waals surface area contributed by atoms with Crippen molar-refractivity contribution in [3.05, 3.63) is 0 Å². The molecule has 3 rings (SSSR count). The van der Waals surface area contributed by atoms with Crippen LogP contribution in [0.2, 0.25) is 0 Å². The van der Waals surface area contributed by atoms with Crippen molar-refractivity contribution < 1.29 is 4.79 Å². The van der Waals surface area contributed by atoms with Crippen LogP contribution in [0.4, 0.5) is 0 Å². The lowest BCUT2D eigenvalue weighted by atomic mass is 9.78. The van der Waals surface area contributed by atoms with E-state index in [1.807, 2.05) is 0 Å². The molecule has 0 unspecified atom stereocenters. The Morgan fingerprint density at radius 1 is 1.05 bits per heavy atom. The Morgan fingerprint density at radius 2 is 1.76 bits per heavy atom. The lowest BCUT2D eigenvalue weighted by Gasteiger charge is -2.37. The summed E-state index contributed by atoms with van der Waals surface area (Å²) in [6.07, 6.45) is 6.51. The van der Waals surface area contributed by atoms with Gasteiger partial charge in [0.2, 0.25) is 5.91 Å². The summed E-state index contributed by atoms with van der Waals surface area (Å²) in [7, 11) is 0. The van der Waals surface area contributed by atoms with E-state index in [9.17, 15) is 4.79 Å². The van der Waals surface area contributed by atoms with Gasteiger partial charge in [-0.1, -0.05) is 26.7 Å². The molecule has 0 radical (unpaired) electrons. The molecular weight excluding hydrogens is 262 g/mol. The molecule has 3 fully saturated rings. The third-order valence-corrected chi connectivity index (χ3v) is 5.89. The molecule has 0 bridgehead atoms. The summed E-state index contributed by atoms with van der Waals surface area (Å²) < 4.78 is 0. The van der Waals surface area contributed by atoms with Crippen LogP contribution in [0, 0.1) is 11.8 Å². The molecule has 3 atom stereocenters. The summed E-state index contributed by atoms with van der Waals surface area (Å²) in [6, 6.07) is 1.26. The van der Waals surface area contributed by atoms with E-state index in [0.717, 1.165) is 44.6 Å². The highest BCUT2D eigenvalue weighted by atomic mass is 16.2. The highest BCUT2D eigenvalue weighted by Crippen LogP contribution is 2.29. The Hall–Kier alpha value is -0.610. The molecule has 1 aliphatic heterocycles. The van der Waals surface area contributed by atoms with Crippen LogP contribution in [0.5, 0.6) is 0 Å². The van der Waals surface area contributed by atoms with E-state index < -0.39 is 0 Å². The standard InChI is InChI=1S/C17H31N3O/c1-13-4-3-5-16(14(13)2)18-17(21)12-19-8-10-20(11-9-19)15-6-7-15/h13-16H,3-12H2,1-2H3,(H,18,21)/t13-,14+,16+/m1/s1. The quantitative estimate of drug-likeness (QED) is 0.857. The normalized spacial score (nSPS) is 35.6. The van der Waals surface area contributed by atoms with E-state index in [2.05, 4.69) is 29.0 Å². The minimum atomic E-state index is 0.237. The van der Waals surface area contributed by atoms with Crippen LogP contribution in [-0.2, 0) is 4.79 Å². The topological polar surface area (TPSA) is 35.6 Å². The molecule has 3 aliphatic rings. The van der Waals surface area contributed by atoms with Gasteiger partial charge in [-0.3, -0.25) is 14.6 Å². The number of piperazine rings is 1. The molecule has 0 spiro atoms. The second-order valence-corrected chi connectivity index (χ2v) is 7.48. The Labute approximate surface area is 129 Å². The number of hydrogen-bond donors (Lipinski definition) is 1. The average Bonchev–Trinajstić information content (AvgIpc) is 3.29. The van der Waals surface area contributed by atoms with Crippen molar-refractivity contribution in [3.8, 4) is 0 Å². The summed E-state index contributed by atoms with van der Waals surface area (Å²) in [5.74, 6) is 1.60. The van der Waals surface area contributed by atoms with Crippen LogP contribution in [0.15, 0.2) is 0 Å². The zero-order chi connectivity index (χ0) is 14.8. The van der Waals surface area contributed by atoms with Crippen molar-refractivity contribution in [2.45, 2.75) is 58.0 Å². The first-order chi connectivity index (χ1) is 10.1. The maximum Gasteiger partial charge on any atom is 0.234 e. The van der Waals surface area contributed by atoms with E-state index in [4.69, 9.17) is 0 Å². The molecule has 4 heteroatoms. The molecule has 1 heterocycles. The molecule has 4 nitrogen and oxygen atoms in total. The summed E-state index contributed by atoms with van der Waals surface area (Å²) >= 11 is 0. The Kier molecular flexibility index (Phi) is 4.85. The predicted molar refractivity (Wildman–Crippen MR) is 85.1 cm³/mol. The molecular formula is C17H31N3O. The maximum atomic E-state index is 12.3. The summed E-state index contributed by atoms with van der Waals surface area (Å²) in [5.41, 5.74) is 0. The zero-order valence-electron chi connectivity index (χ0n) is 13.7. The van der Waals surface area contributed by atoms with Gasteiger partial charge in [-0.2, -0.15) is 0 Å². The van der Waals surface area contributed by atoms with Gasteiger partial charge in [0.15, 0.2) is 0 Å². The minimum Gasteiger partial charge on any atom is -0.352 e. The van der Waals surface area contributed by atoms with Crippen molar-refractivity contribution in [3.63, 3.8) is 0 Å². The van der Waals surface area contributed by atoms with Crippen LogP contribution in [-0.4, -0.2) is 60.5 Å². The van der Waals surface area contributed by atoms with E-state index in [0.29, 0.717) is 18.5 Å². The van der Waals surface area contributed by atoms with Crippen molar-refractivity contribution in [1.82, 2.24) is 15.1 Å². The van der Waals surface area contributed by atoms with Gasteiger partial charge in [0.1, 0.15) is 0 Å². The SMILES string of the molecule is C[C@H]1[C@H](C)CCC[C@@H]1NC(=O)CN1CCN(C2CC2)CC1. The lowest BCUT2D eigenvalue weighted by molar-refractivity contribution is -0.124. The van der Waals surface area contributed by atoms with Crippen molar-refractivity contribution in [2.75, 3.05) is 32.7 Å². The first kappa shape index (κ1) is 15.3. The largest absolute Gasteiger partial charge is 0.352 e. The van der Waals surface area contributed by atoms with Gasteiger partial charge < -0.3 is 5.32 Å². The minimum absolute atomic E-state index is 0.237. The fourth-order valence-electron chi connectivity index (χ4n) is 3.97. The van der Waals surface area contributed by atoms with E-state index in [1.165, 1.54) is 25.7 Å². The fourth-order valence-corrected chi connectivity index (χ4v) is 3.97. The van der Waals surface area contributed by atoms with Crippen LogP contribution >= 0.6 is 0 Å². The molecule has 1 N–H and O–H groups in total. The highest BCUT2D eigenvalue weighted by Gasteiger charge is 2.32. The molecule has 1 saturated heterocycles. The first-order valence-electron chi connectivity index (χ1n) is 8.89. The van der Waals surface area contributed by atoms with Gasteiger partial charge in [0, 0.05) is 38.3 Å². The summed E-state index contributed by atoms with van der Waals surface area (Å²) in [4.78, 5) is 17.2. The lowest BCUT2D eigenvalue weighted by Crippen LogP contribution is -2.52. The number of carbonyl (C=O) groups excluding carboxylic acids is 1. The predicted octanol–water partition coefficient (Wildman–Crippen LogP) is 1.71. The van der Waals surface area contributed by atoms with Crippen LogP contribution < -0.4 is 5.32 Å². The fraction of sp³-hybridized carbons (Fsp3) is 0.941. The van der Waals surface area contributed by atoms with Gasteiger partial charge in [-0.25, -0.2) is 0 Å². The molecule has 120 valence electrons. The summed E-state index contributed by atoms with van der Waals surface area (Å²) in [5, 5.41) is 3.30. The number of carbonyl (C=O) groups is 1. The third kappa shape index (κ3) is 3.98. The first-order valence-corrected chi connectivity index (χ1v) is 8.89. The van der Waals surface area contributed by atoms with E-state index in [-0.39, 0.29) is 5.91 Å². The zero-order valence-corrected chi connectivity index (χ0v) is 13.7. The number of nitrogens with zero attached hydrogens (tertiary/aromatic N) is 2. The number of hydrogen-bond acceptors (Lipinski definition) is 3. The third-order valence-electron chi connectivity index (χ3n) is 5.89. The van der Waals surface area contributed by atoms with Gasteiger partial charge in [0.05, 0.1) is 6.54 Å². The molecule has 21 heavy (non-hydrogen) atoms. The average molecular weight is 293 g/mol. The Morgan fingerprint density at radius 3 is 2.43 bits per heavy atom. The smallest absolute Gasteiger partial charge is 0.234 e. The second kappa shape index (κ2) is 6.66. The van der Waals surface area contributed by atoms with Crippen molar-refractivity contribution in [2.24, 2.45) is 11.8 Å². The molecule has 2 aliphatic carbocycles. The molecule has 0 aromatic carbocycles. The monoisotopic (exact) mass is 293 g/mol. The Bertz CT molecular complexity index is 361. The van der Waals surface area contributed by atoms with Crippen molar-refractivity contribution >= 4 is 5.91 Å². The molecule has 2 saturated carbocycles. The van der Waals surface area contributed by atoms with Crippen LogP contribution in [0.1, 0.15) is 46.0 Å². The molecule has 0 aromatic heterocycles. The van der Waals surface area contributed by atoms with Gasteiger partial charge in [-0.05, 0) is 31.1 Å². The number of nitrogens with one attached hydrogen (secondary N) is 1. The Balaban J connectivity index is 1.39. The van der Waals surface area contributed by atoms with Crippen molar-refractivity contribution in [1.29, 1.82) is 0 Å². The van der Waals surface area contributed by atoms with Gasteiger partial charge in [0.25, 0.3) is 0 Å². The van der Waals surface area contributed by atoms with Gasteiger partial charge >= 0.3 is 0 Å².